The lowest BCUT2D eigenvalue weighted by molar-refractivity contribution is 0.309. The first kappa shape index (κ1) is 12.7. The molecule has 0 fully saturated rings. The number of hydrogen-bond acceptors (Lipinski definition) is 4. The molecule has 1 aromatic carbocycles. The molecular weight excluding hydrogens is 226 g/mol. The molecule has 0 spiro atoms. The summed E-state index contributed by atoms with van der Waals surface area (Å²) in [7, 11) is 0. The topological polar surface area (TPSA) is 59.6 Å². The highest BCUT2D eigenvalue weighted by Crippen LogP contribution is 2.21. The molecule has 1 aliphatic rings. The second-order valence-corrected chi connectivity index (χ2v) is 4.57. The lowest BCUT2D eigenvalue weighted by Gasteiger charge is -2.21. The van der Waals surface area contributed by atoms with Gasteiger partial charge in [0.1, 0.15) is 5.75 Å². The zero-order valence-corrected chi connectivity index (χ0v) is 10.9. The Bertz CT molecular complexity index is 400. The smallest absolute Gasteiger partial charge is 0.188 e. The fourth-order valence-electron chi connectivity index (χ4n) is 1.95. The highest BCUT2D eigenvalue weighted by molar-refractivity contribution is 5.78. The standard InChI is InChI=1S/C14H21N3O/c1-2-3-8-18-13-6-4-11(5-7-13)12-9-16-14(15)17-10-12/h4-7,12H,2-3,8-10H2,1H3,(H3,15,16,17). The average molecular weight is 247 g/mol. The first-order valence-electron chi connectivity index (χ1n) is 6.56. The Balaban J connectivity index is 1.91. The van der Waals surface area contributed by atoms with Crippen LogP contribution in [0.3, 0.4) is 0 Å². The van der Waals surface area contributed by atoms with Gasteiger partial charge in [-0.1, -0.05) is 25.5 Å². The second-order valence-electron chi connectivity index (χ2n) is 4.57. The Kier molecular flexibility index (Phi) is 4.45. The van der Waals surface area contributed by atoms with E-state index in [0.29, 0.717) is 11.9 Å². The molecule has 1 atom stereocenters. The minimum Gasteiger partial charge on any atom is -0.494 e. The average Bonchev–Trinajstić information content (AvgIpc) is 2.41. The Labute approximate surface area is 108 Å². The molecular formula is C14H21N3O. The van der Waals surface area contributed by atoms with Crippen LogP contribution < -0.4 is 15.8 Å². The molecule has 2 rings (SSSR count). The van der Waals surface area contributed by atoms with E-state index in [9.17, 15) is 0 Å². The third-order valence-corrected chi connectivity index (χ3v) is 3.13. The molecule has 0 aromatic heterocycles. The minimum atomic E-state index is 0.405. The van der Waals surface area contributed by atoms with Gasteiger partial charge < -0.3 is 15.8 Å². The molecule has 4 heteroatoms. The van der Waals surface area contributed by atoms with Crippen molar-refractivity contribution in [2.24, 2.45) is 10.7 Å². The van der Waals surface area contributed by atoms with Crippen LogP contribution in [-0.4, -0.2) is 25.7 Å². The third-order valence-electron chi connectivity index (χ3n) is 3.13. The van der Waals surface area contributed by atoms with E-state index in [4.69, 9.17) is 10.5 Å². The maximum atomic E-state index is 5.64. The summed E-state index contributed by atoms with van der Waals surface area (Å²) in [6.07, 6.45) is 2.26. The lowest BCUT2D eigenvalue weighted by Crippen LogP contribution is -2.39. The number of benzene rings is 1. The monoisotopic (exact) mass is 247 g/mol. The first-order valence-corrected chi connectivity index (χ1v) is 6.56. The highest BCUT2D eigenvalue weighted by Gasteiger charge is 2.15. The number of guanidine groups is 1. The van der Waals surface area contributed by atoms with E-state index < -0.39 is 0 Å². The van der Waals surface area contributed by atoms with Crippen LogP contribution in [0.4, 0.5) is 0 Å². The summed E-state index contributed by atoms with van der Waals surface area (Å²) in [6, 6.07) is 8.30. The number of rotatable bonds is 5. The summed E-state index contributed by atoms with van der Waals surface area (Å²) in [4.78, 5) is 4.22. The van der Waals surface area contributed by atoms with Crippen LogP contribution in [0.5, 0.6) is 5.75 Å². The van der Waals surface area contributed by atoms with Crippen LogP contribution in [-0.2, 0) is 0 Å². The van der Waals surface area contributed by atoms with Gasteiger partial charge >= 0.3 is 0 Å². The van der Waals surface area contributed by atoms with Crippen LogP contribution in [0, 0.1) is 0 Å². The maximum absolute atomic E-state index is 5.64. The summed E-state index contributed by atoms with van der Waals surface area (Å²) < 4.78 is 5.64. The molecule has 0 saturated heterocycles. The maximum Gasteiger partial charge on any atom is 0.188 e. The van der Waals surface area contributed by atoms with Crippen LogP contribution >= 0.6 is 0 Å². The Morgan fingerprint density at radius 1 is 1.39 bits per heavy atom. The molecule has 0 radical (unpaired) electrons. The van der Waals surface area contributed by atoms with Crippen LogP contribution in [0.2, 0.25) is 0 Å². The Morgan fingerprint density at radius 2 is 2.17 bits per heavy atom. The summed E-state index contributed by atoms with van der Waals surface area (Å²) in [6.45, 7) is 4.57. The third kappa shape index (κ3) is 3.39. The van der Waals surface area contributed by atoms with Crippen molar-refractivity contribution in [3.05, 3.63) is 29.8 Å². The van der Waals surface area contributed by atoms with Gasteiger partial charge in [-0.15, -0.1) is 0 Å². The van der Waals surface area contributed by atoms with Gasteiger partial charge in [-0.05, 0) is 24.1 Å². The number of nitrogens with zero attached hydrogens (tertiary/aromatic N) is 1. The van der Waals surface area contributed by atoms with Gasteiger partial charge in [-0.25, -0.2) is 0 Å². The summed E-state index contributed by atoms with van der Waals surface area (Å²) >= 11 is 0. The van der Waals surface area contributed by atoms with Crippen LogP contribution in [0.1, 0.15) is 31.2 Å². The van der Waals surface area contributed by atoms with Gasteiger partial charge in [0, 0.05) is 12.5 Å². The quantitative estimate of drug-likeness (QED) is 0.781. The van der Waals surface area contributed by atoms with Crippen molar-refractivity contribution in [2.75, 3.05) is 19.7 Å². The molecule has 1 unspecified atom stereocenters. The van der Waals surface area contributed by atoms with Crippen molar-refractivity contribution >= 4 is 5.96 Å². The van der Waals surface area contributed by atoms with Gasteiger partial charge in [-0.2, -0.15) is 0 Å². The number of hydrogen-bond donors (Lipinski definition) is 2. The van der Waals surface area contributed by atoms with Crippen molar-refractivity contribution in [2.45, 2.75) is 25.7 Å². The summed E-state index contributed by atoms with van der Waals surface area (Å²) in [5.41, 5.74) is 6.87. The summed E-state index contributed by atoms with van der Waals surface area (Å²) in [5, 5.41) is 3.08. The number of nitrogens with one attached hydrogen (secondary N) is 1. The molecule has 1 heterocycles. The van der Waals surface area contributed by atoms with Gasteiger partial charge in [0.25, 0.3) is 0 Å². The molecule has 0 amide bonds. The molecule has 0 saturated carbocycles. The first-order chi connectivity index (χ1) is 8.79. The van der Waals surface area contributed by atoms with Gasteiger partial charge in [0.2, 0.25) is 0 Å². The fraction of sp³-hybridized carbons (Fsp3) is 0.500. The van der Waals surface area contributed by atoms with Crippen molar-refractivity contribution in [1.82, 2.24) is 5.32 Å². The largest absolute Gasteiger partial charge is 0.494 e. The fourth-order valence-corrected chi connectivity index (χ4v) is 1.95. The predicted octanol–water partition coefficient (Wildman–Crippen LogP) is 1.87. The number of unbranched alkanes of at least 4 members (excludes halogenated alkanes) is 1. The molecule has 1 aliphatic heterocycles. The van der Waals surface area contributed by atoms with Crippen molar-refractivity contribution in [3.63, 3.8) is 0 Å². The SMILES string of the molecule is CCCCOc1ccc(C2CN=C(N)NC2)cc1. The number of nitrogens with two attached hydrogens (primary N) is 1. The Morgan fingerprint density at radius 3 is 2.78 bits per heavy atom. The molecule has 3 N–H and O–H groups in total. The van der Waals surface area contributed by atoms with E-state index in [2.05, 4.69) is 29.4 Å². The number of ether oxygens (including phenoxy) is 1. The highest BCUT2D eigenvalue weighted by atomic mass is 16.5. The van der Waals surface area contributed by atoms with E-state index >= 15 is 0 Å². The molecule has 4 nitrogen and oxygen atoms in total. The van der Waals surface area contributed by atoms with E-state index in [1.165, 1.54) is 5.56 Å². The Hall–Kier alpha value is -1.71. The zero-order chi connectivity index (χ0) is 12.8. The molecule has 0 bridgehead atoms. The van der Waals surface area contributed by atoms with E-state index in [0.717, 1.165) is 38.3 Å². The second kappa shape index (κ2) is 6.28. The molecule has 0 aliphatic carbocycles. The normalized spacial score (nSPS) is 18.9. The van der Waals surface area contributed by atoms with Gasteiger partial charge in [0.05, 0.1) is 13.2 Å². The predicted molar refractivity (Wildman–Crippen MR) is 74.1 cm³/mol. The van der Waals surface area contributed by atoms with Crippen molar-refractivity contribution < 1.29 is 4.74 Å². The molecule has 18 heavy (non-hydrogen) atoms. The van der Waals surface area contributed by atoms with Crippen molar-refractivity contribution in [3.8, 4) is 5.75 Å². The zero-order valence-electron chi connectivity index (χ0n) is 10.9. The molecule has 98 valence electrons. The summed E-state index contributed by atoms with van der Waals surface area (Å²) in [5.74, 6) is 1.90. The van der Waals surface area contributed by atoms with E-state index in [1.807, 2.05) is 12.1 Å². The van der Waals surface area contributed by atoms with Crippen LogP contribution in [0.15, 0.2) is 29.3 Å². The van der Waals surface area contributed by atoms with Crippen molar-refractivity contribution in [1.29, 1.82) is 0 Å². The van der Waals surface area contributed by atoms with E-state index in [1.54, 1.807) is 0 Å². The molecule has 1 aromatic rings. The van der Waals surface area contributed by atoms with E-state index in [-0.39, 0.29) is 0 Å². The lowest BCUT2D eigenvalue weighted by atomic mass is 9.98. The van der Waals surface area contributed by atoms with Gasteiger partial charge in [0.15, 0.2) is 5.96 Å². The van der Waals surface area contributed by atoms with Gasteiger partial charge in [-0.3, -0.25) is 4.99 Å². The van der Waals surface area contributed by atoms with Crippen LogP contribution in [0.25, 0.3) is 0 Å². The number of aliphatic imine (C=N–C) groups is 1. The minimum absolute atomic E-state index is 0.405.